The summed E-state index contributed by atoms with van der Waals surface area (Å²) in [5.74, 6) is -0.894. The summed E-state index contributed by atoms with van der Waals surface area (Å²) in [5, 5.41) is 11.5. The largest absolute Gasteiger partial charge is 0.481 e. The SMILES string of the molecule is CC(C)OCCCCNC(=O)N(CCC(=O)O)C(C)C. The van der Waals surface area contributed by atoms with Crippen LogP contribution in [0.4, 0.5) is 4.79 Å². The van der Waals surface area contributed by atoms with Gasteiger partial charge in [-0.15, -0.1) is 0 Å². The summed E-state index contributed by atoms with van der Waals surface area (Å²) in [6.45, 7) is 9.23. The molecule has 0 saturated heterocycles. The lowest BCUT2D eigenvalue weighted by Gasteiger charge is -2.26. The van der Waals surface area contributed by atoms with E-state index in [2.05, 4.69) is 5.32 Å². The first-order valence-electron chi connectivity index (χ1n) is 7.22. The van der Waals surface area contributed by atoms with Gasteiger partial charge in [-0.3, -0.25) is 4.79 Å². The van der Waals surface area contributed by atoms with Gasteiger partial charge in [0, 0.05) is 25.7 Å². The molecule has 0 aliphatic heterocycles. The Morgan fingerprint density at radius 3 is 2.35 bits per heavy atom. The number of carbonyl (C=O) groups excluding carboxylic acids is 1. The highest BCUT2D eigenvalue weighted by atomic mass is 16.5. The molecule has 6 heteroatoms. The molecule has 6 nitrogen and oxygen atoms in total. The molecule has 0 heterocycles. The van der Waals surface area contributed by atoms with E-state index in [1.54, 1.807) is 4.90 Å². The normalized spacial score (nSPS) is 10.9. The van der Waals surface area contributed by atoms with Crippen molar-refractivity contribution >= 4 is 12.0 Å². The van der Waals surface area contributed by atoms with E-state index in [0.29, 0.717) is 13.2 Å². The average Bonchev–Trinajstić information content (AvgIpc) is 2.32. The second-order valence-corrected chi connectivity index (χ2v) is 5.29. The number of aliphatic carboxylic acids is 1. The monoisotopic (exact) mass is 288 g/mol. The number of hydrogen-bond acceptors (Lipinski definition) is 3. The molecular weight excluding hydrogens is 260 g/mol. The molecule has 0 bridgehead atoms. The highest BCUT2D eigenvalue weighted by Gasteiger charge is 2.17. The van der Waals surface area contributed by atoms with Gasteiger partial charge in [-0.25, -0.2) is 4.79 Å². The summed E-state index contributed by atoms with van der Waals surface area (Å²) in [6.07, 6.45) is 1.95. The number of carboxylic acid groups (broad SMARTS) is 1. The van der Waals surface area contributed by atoms with E-state index in [9.17, 15) is 9.59 Å². The molecule has 0 aromatic heterocycles. The molecule has 0 fully saturated rings. The van der Waals surface area contributed by atoms with Crippen LogP contribution < -0.4 is 5.32 Å². The maximum atomic E-state index is 11.9. The van der Waals surface area contributed by atoms with Crippen molar-refractivity contribution in [1.82, 2.24) is 10.2 Å². The van der Waals surface area contributed by atoms with Crippen LogP contribution in [0.15, 0.2) is 0 Å². The van der Waals surface area contributed by atoms with Gasteiger partial charge in [0.05, 0.1) is 12.5 Å². The molecule has 0 aromatic rings. The molecule has 0 aliphatic carbocycles. The Kier molecular flexibility index (Phi) is 9.80. The van der Waals surface area contributed by atoms with E-state index >= 15 is 0 Å². The Balaban J connectivity index is 3.87. The zero-order valence-electron chi connectivity index (χ0n) is 13.0. The summed E-state index contributed by atoms with van der Waals surface area (Å²) in [7, 11) is 0. The van der Waals surface area contributed by atoms with E-state index in [1.165, 1.54) is 0 Å². The van der Waals surface area contributed by atoms with Crippen LogP contribution in [0, 0.1) is 0 Å². The van der Waals surface area contributed by atoms with Gasteiger partial charge in [-0.2, -0.15) is 0 Å². The van der Waals surface area contributed by atoms with Crippen molar-refractivity contribution in [2.45, 2.75) is 59.1 Å². The lowest BCUT2D eigenvalue weighted by atomic mass is 10.3. The highest BCUT2D eigenvalue weighted by Crippen LogP contribution is 2.01. The first-order chi connectivity index (χ1) is 9.34. The fraction of sp³-hybridized carbons (Fsp3) is 0.857. The number of hydrogen-bond donors (Lipinski definition) is 2. The van der Waals surface area contributed by atoms with Gasteiger partial charge in [-0.05, 0) is 40.5 Å². The Bertz CT molecular complexity index is 293. The summed E-state index contributed by atoms with van der Waals surface area (Å²) < 4.78 is 5.41. The number of nitrogens with zero attached hydrogens (tertiary/aromatic N) is 1. The number of amides is 2. The van der Waals surface area contributed by atoms with Crippen LogP contribution in [0.3, 0.4) is 0 Å². The van der Waals surface area contributed by atoms with Crippen molar-refractivity contribution in [3.63, 3.8) is 0 Å². The first-order valence-corrected chi connectivity index (χ1v) is 7.22. The lowest BCUT2D eigenvalue weighted by Crippen LogP contribution is -2.45. The Morgan fingerprint density at radius 2 is 1.85 bits per heavy atom. The summed E-state index contributed by atoms with van der Waals surface area (Å²) in [5.41, 5.74) is 0. The smallest absolute Gasteiger partial charge is 0.317 e. The molecule has 0 rings (SSSR count). The molecule has 2 amide bonds. The van der Waals surface area contributed by atoms with Gasteiger partial charge in [0.15, 0.2) is 0 Å². The van der Waals surface area contributed by atoms with Crippen LogP contribution in [-0.2, 0) is 9.53 Å². The number of nitrogens with one attached hydrogen (secondary N) is 1. The first kappa shape index (κ1) is 18.7. The number of carbonyl (C=O) groups is 2. The third-order valence-corrected chi connectivity index (χ3v) is 2.75. The molecule has 0 atom stereocenters. The molecule has 0 aliphatic rings. The number of rotatable bonds is 10. The van der Waals surface area contributed by atoms with Crippen LogP contribution in [0.25, 0.3) is 0 Å². The van der Waals surface area contributed by atoms with Crippen LogP contribution in [0.2, 0.25) is 0 Å². The minimum atomic E-state index is -0.894. The minimum Gasteiger partial charge on any atom is -0.481 e. The van der Waals surface area contributed by atoms with Gasteiger partial charge in [0.25, 0.3) is 0 Å². The van der Waals surface area contributed by atoms with Gasteiger partial charge in [-0.1, -0.05) is 0 Å². The van der Waals surface area contributed by atoms with Crippen molar-refractivity contribution in [3.05, 3.63) is 0 Å². The van der Waals surface area contributed by atoms with Crippen LogP contribution in [0.5, 0.6) is 0 Å². The average molecular weight is 288 g/mol. The molecule has 0 unspecified atom stereocenters. The Morgan fingerprint density at radius 1 is 1.20 bits per heavy atom. The van der Waals surface area contributed by atoms with Crippen molar-refractivity contribution in [1.29, 1.82) is 0 Å². The fourth-order valence-electron chi connectivity index (χ4n) is 1.65. The molecular formula is C14H28N2O4. The van der Waals surface area contributed by atoms with Crippen LogP contribution >= 0.6 is 0 Å². The fourth-order valence-corrected chi connectivity index (χ4v) is 1.65. The maximum absolute atomic E-state index is 11.9. The van der Waals surface area contributed by atoms with E-state index in [1.807, 2.05) is 27.7 Å². The zero-order chi connectivity index (χ0) is 15.5. The molecule has 0 saturated carbocycles. The predicted molar refractivity (Wildman–Crippen MR) is 77.8 cm³/mol. The summed E-state index contributed by atoms with van der Waals surface area (Å²) >= 11 is 0. The quantitative estimate of drug-likeness (QED) is 0.603. The van der Waals surface area contributed by atoms with Gasteiger partial charge in [0.1, 0.15) is 0 Å². The minimum absolute atomic E-state index is 0.0152. The Hall–Kier alpha value is -1.30. The number of urea groups is 1. The van der Waals surface area contributed by atoms with Gasteiger partial charge >= 0.3 is 12.0 Å². The molecule has 118 valence electrons. The van der Waals surface area contributed by atoms with E-state index < -0.39 is 5.97 Å². The summed E-state index contributed by atoms with van der Waals surface area (Å²) in [4.78, 5) is 24.0. The maximum Gasteiger partial charge on any atom is 0.317 e. The lowest BCUT2D eigenvalue weighted by molar-refractivity contribution is -0.137. The topological polar surface area (TPSA) is 78.9 Å². The van der Waals surface area contributed by atoms with Crippen LogP contribution in [-0.4, -0.2) is 53.8 Å². The third-order valence-electron chi connectivity index (χ3n) is 2.75. The zero-order valence-corrected chi connectivity index (χ0v) is 13.0. The molecule has 20 heavy (non-hydrogen) atoms. The third kappa shape index (κ3) is 9.61. The standard InChI is InChI=1S/C14H28N2O4/c1-11(2)16(9-7-13(17)18)14(19)15-8-5-6-10-20-12(3)4/h11-12H,5-10H2,1-4H3,(H,15,19)(H,17,18). The predicted octanol–water partition coefficient (Wildman–Crippen LogP) is 2.09. The second kappa shape index (κ2) is 10.5. The van der Waals surface area contributed by atoms with E-state index in [4.69, 9.17) is 9.84 Å². The molecule has 0 spiro atoms. The molecule has 0 aromatic carbocycles. The van der Waals surface area contributed by atoms with Gasteiger partial charge in [0.2, 0.25) is 0 Å². The van der Waals surface area contributed by atoms with Crippen molar-refractivity contribution < 1.29 is 19.4 Å². The van der Waals surface area contributed by atoms with Gasteiger partial charge < -0.3 is 20.1 Å². The summed E-state index contributed by atoms with van der Waals surface area (Å²) in [6, 6.07) is -0.218. The van der Waals surface area contributed by atoms with E-state index in [-0.39, 0.29) is 31.1 Å². The van der Waals surface area contributed by atoms with Crippen molar-refractivity contribution in [2.75, 3.05) is 19.7 Å². The van der Waals surface area contributed by atoms with E-state index in [0.717, 1.165) is 12.8 Å². The number of carboxylic acids is 1. The molecule has 0 radical (unpaired) electrons. The number of unbranched alkanes of at least 4 members (excludes halogenated alkanes) is 1. The van der Waals surface area contributed by atoms with Crippen LogP contribution in [0.1, 0.15) is 47.0 Å². The Labute approximate surface area is 121 Å². The van der Waals surface area contributed by atoms with Crippen molar-refractivity contribution in [2.24, 2.45) is 0 Å². The molecule has 2 N–H and O–H groups in total. The van der Waals surface area contributed by atoms with Crippen molar-refractivity contribution in [3.8, 4) is 0 Å². The number of ether oxygens (including phenoxy) is 1. The second-order valence-electron chi connectivity index (χ2n) is 5.29. The highest BCUT2D eigenvalue weighted by molar-refractivity contribution is 5.75.